The maximum absolute atomic E-state index is 11.9. The van der Waals surface area contributed by atoms with Crippen LogP contribution in [0.15, 0.2) is 12.3 Å². The van der Waals surface area contributed by atoms with Crippen molar-refractivity contribution in [3.8, 4) is 0 Å². The van der Waals surface area contributed by atoms with Crippen LogP contribution in [0.3, 0.4) is 0 Å². The normalized spacial score (nSPS) is 11.4. The zero-order valence-corrected chi connectivity index (χ0v) is 12.5. The molecule has 5 heteroatoms. The summed E-state index contributed by atoms with van der Waals surface area (Å²) in [7, 11) is 0. The minimum atomic E-state index is -0.0388. The second-order valence-electron chi connectivity index (χ2n) is 5.54. The Hall–Kier alpha value is -1.13. The molecular formula is C14H22ClN3O. The van der Waals surface area contributed by atoms with Crippen LogP contribution < -0.4 is 11.1 Å². The average molecular weight is 284 g/mol. The molecule has 0 radical (unpaired) electrons. The van der Waals surface area contributed by atoms with E-state index >= 15 is 0 Å². The van der Waals surface area contributed by atoms with Crippen molar-refractivity contribution in [2.75, 3.05) is 11.9 Å². The molecule has 1 heterocycles. The summed E-state index contributed by atoms with van der Waals surface area (Å²) >= 11 is 5.97. The smallest absolute Gasteiger partial charge is 0.224 e. The number of amides is 1. The molecule has 106 valence electrons. The number of aryl methyl sites for hydroxylation is 1. The monoisotopic (exact) mass is 283 g/mol. The van der Waals surface area contributed by atoms with Crippen molar-refractivity contribution >= 4 is 23.2 Å². The van der Waals surface area contributed by atoms with Gasteiger partial charge in [-0.1, -0.05) is 25.4 Å². The first kappa shape index (κ1) is 15.9. The molecule has 0 aliphatic rings. The minimum absolute atomic E-state index is 0.0388. The van der Waals surface area contributed by atoms with E-state index in [1.165, 1.54) is 0 Å². The number of nitrogens with zero attached hydrogens (tertiary/aromatic N) is 1. The van der Waals surface area contributed by atoms with E-state index in [2.05, 4.69) is 24.1 Å². The number of hydrogen-bond donors (Lipinski definition) is 2. The molecule has 1 amide bonds. The highest BCUT2D eigenvalue weighted by atomic mass is 35.5. The van der Waals surface area contributed by atoms with E-state index in [9.17, 15) is 4.79 Å². The zero-order valence-electron chi connectivity index (χ0n) is 11.8. The third-order valence-corrected chi connectivity index (χ3v) is 3.51. The fourth-order valence-corrected chi connectivity index (χ4v) is 2.10. The van der Waals surface area contributed by atoms with Crippen LogP contribution in [0.25, 0.3) is 0 Å². The lowest BCUT2D eigenvalue weighted by Crippen LogP contribution is -2.21. The maximum atomic E-state index is 11.9. The number of aromatic nitrogens is 1. The standard InChI is InChI=1S/C14H22ClN3O/c1-10-5-9-17-13(15)12(10)18-11(19)4-6-14(2,3)7-8-16/h5,9H,4,6-8,16H2,1-3H3,(H,18,19). The molecule has 1 rings (SSSR count). The number of carbonyl (C=O) groups excluding carboxylic acids is 1. The summed E-state index contributed by atoms with van der Waals surface area (Å²) < 4.78 is 0. The molecule has 0 bridgehead atoms. The van der Waals surface area contributed by atoms with Crippen molar-refractivity contribution in [3.05, 3.63) is 23.0 Å². The summed E-state index contributed by atoms with van der Waals surface area (Å²) in [6.45, 7) is 6.77. The average Bonchev–Trinajstić information content (AvgIpc) is 2.32. The zero-order chi connectivity index (χ0) is 14.5. The molecule has 0 atom stereocenters. The van der Waals surface area contributed by atoms with Crippen molar-refractivity contribution in [1.82, 2.24) is 4.98 Å². The van der Waals surface area contributed by atoms with Crippen molar-refractivity contribution < 1.29 is 4.79 Å². The Labute approximate surface area is 119 Å². The summed E-state index contributed by atoms with van der Waals surface area (Å²) in [5.41, 5.74) is 7.16. The number of rotatable bonds is 6. The molecule has 0 saturated heterocycles. The molecule has 0 aromatic carbocycles. The number of nitrogens with one attached hydrogen (secondary N) is 1. The number of halogens is 1. The summed E-state index contributed by atoms with van der Waals surface area (Å²) in [5.74, 6) is -0.0388. The third-order valence-electron chi connectivity index (χ3n) is 3.23. The Kier molecular flexibility index (Phi) is 5.76. The summed E-state index contributed by atoms with van der Waals surface area (Å²) in [4.78, 5) is 15.9. The van der Waals surface area contributed by atoms with Gasteiger partial charge in [0.1, 0.15) is 0 Å². The number of pyridine rings is 1. The van der Waals surface area contributed by atoms with Gasteiger partial charge in [-0.2, -0.15) is 0 Å². The summed E-state index contributed by atoms with van der Waals surface area (Å²) in [6.07, 6.45) is 3.79. The van der Waals surface area contributed by atoms with Gasteiger partial charge < -0.3 is 11.1 Å². The van der Waals surface area contributed by atoms with Crippen LogP contribution in [-0.4, -0.2) is 17.4 Å². The van der Waals surface area contributed by atoms with Gasteiger partial charge in [0.25, 0.3) is 0 Å². The largest absolute Gasteiger partial charge is 0.330 e. The van der Waals surface area contributed by atoms with Crippen LogP contribution in [0.5, 0.6) is 0 Å². The first-order valence-corrected chi connectivity index (χ1v) is 6.84. The SMILES string of the molecule is Cc1ccnc(Cl)c1NC(=O)CCC(C)(C)CCN. The van der Waals surface area contributed by atoms with Crippen molar-refractivity contribution in [1.29, 1.82) is 0 Å². The molecule has 4 nitrogen and oxygen atoms in total. The fraction of sp³-hybridized carbons (Fsp3) is 0.571. The Morgan fingerprint density at radius 1 is 1.47 bits per heavy atom. The highest BCUT2D eigenvalue weighted by Crippen LogP contribution is 2.27. The molecular weight excluding hydrogens is 262 g/mol. The number of carbonyl (C=O) groups is 1. The Morgan fingerprint density at radius 3 is 2.74 bits per heavy atom. The van der Waals surface area contributed by atoms with Gasteiger partial charge in [-0.3, -0.25) is 4.79 Å². The van der Waals surface area contributed by atoms with Crippen LogP contribution in [0.2, 0.25) is 5.15 Å². The topological polar surface area (TPSA) is 68.0 Å². The van der Waals surface area contributed by atoms with E-state index in [1.807, 2.05) is 13.0 Å². The van der Waals surface area contributed by atoms with Gasteiger partial charge >= 0.3 is 0 Å². The fourth-order valence-electron chi connectivity index (χ4n) is 1.84. The molecule has 3 N–H and O–H groups in total. The first-order valence-electron chi connectivity index (χ1n) is 6.47. The highest BCUT2D eigenvalue weighted by Gasteiger charge is 2.19. The maximum Gasteiger partial charge on any atom is 0.224 e. The molecule has 1 aromatic heterocycles. The molecule has 0 fully saturated rings. The Balaban J connectivity index is 2.57. The van der Waals surface area contributed by atoms with E-state index in [4.69, 9.17) is 17.3 Å². The van der Waals surface area contributed by atoms with E-state index < -0.39 is 0 Å². The van der Waals surface area contributed by atoms with E-state index in [1.54, 1.807) is 6.20 Å². The quantitative estimate of drug-likeness (QED) is 0.788. The van der Waals surface area contributed by atoms with Gasteiger partial charge in [0.05, 0.1) is 5.69 Å². The molecule has 19 heavy (non-hydrogen) atoms. The van der Waals surface area contributed by atoms with Gasteiger partial charge in [-0.25, -0.2) is 4.98 Å². The van der Waals surface area contributed by atoms with Gasteiger partial charge in [0, 0.05) is 12.6 Å². The molecule has 1 aromatic rings. The van der Waals surface area contributed by atoms with Gasteiger partial charge in [-0.15, -0.1) is 0 Å². The van der Waals surface area contributed by atoms with Gasteiger partial charge in [0.2, 0.25) is 5.91 Å². The summed E-state index contributed by atoms with van der Waals surface area (Å²) in [6, 6.07) is 1.82. The van der Waals surface area contributed by atoms with E-state index in [0.717, 1.165) is 18.4 Å². The summed E-state index contributed by atoms with van der Waals surface area (Å²) in [5, 5.41) is 3.16. The van der Waals surface area contributed by atoms with Crippen molar-refractivity contribution in [2.45, 2.75) is 40.0 Å². The minimum Gasteiger partial charge on any atom is -0.330 e. The predicted octanol–water partition coefficient (Wildman–Crippen LogP) is 3.14. The van der Waals surface area contributed by atoms with Crippen LogP contribution >= 0.6 is 11.6 Å². The number of hydrogen-bond acceptors (Lipinski definition) is 3. The highest BCUT2D eigenvalue weighted by molar-refractivity contribution is 6.32. The Bertz CT molecular complexity index is 426. The van der Waals surface area contributed by atoms with Gasteiger partial charge in [0.15, 0.2) is 5.15 Å². The van der Waals surface area contributed by atoms with Crippen LogP contribution in [0.4, 0.5) is 5.69 Å². The van der Waals surface area contributed by atoms with Crippen LogP contribution in [-0.2, 0) is 4.79 Å². The van der Waals surface area contributed by atoms with Crippen LogP contribution in [0, 0.1) is 12.3 Å². The number of nitrogens with two attached hydrogens (primary N) is 1. The van der Waals surface area contributed by atoms with Crippen molar-refractivity contribution in [3.63, 3.8) is 0 Å². The van der Waals surface area contributed by atoms with Gasteiger partial charge in [-0.05, 0) is 43.4 Å². The first-order chi connectivity index (χ1) is 8.85. The lowest BCUT2D eigenvalue weighted by molar-refractivity contribution is -0.116. The van der Waals surface area contributed by atoms with Crippen molar-refractivity contribution in [2.24, 2.45) is 11.1 Å². The van der Waals surface area contributed by atoms with E-state index in [-0.39, 0.29) is 11.3 Å². The second-order valence-corrected chi connectivity index (χ2v) is 5.90. The lowest BCUT2D eigenvalue weighted by Gasteiger charge is -2.23. The molecule has 0 aliphatic heterocycles. The molecule has 0 aliphatic carbocycles. The van der Waals surface area contributed by atoms with Crippen LogP contribution in [0.1, 0.15) is 38.7 Å². The molecule has 0 saturated carbocycles. The Morgan fingerprint density at radius 2 is 2.16 bits per heavy atom. The second kappa shape index (κ2) is 6.87. The molecule has 0 spiro atoms. The molecule has 0 unspecified atom stereocenters. The number of anilines is 1. The van der Waals surface area contributed by atoms with E-state index in [0.29, 0.717) is 23.8 Å². The lowest BCUT2D eigenvalue weighted by atomic mass is 9.84. The predicted molar refractivity (Wildman–Crippen MR) is 79.3 cm³/mol. The third kappa shape index (κ3) is 5.17.